The van der Waals surface area contributed by atoms with Gasteiger partial charge in [0.25, 0.3) is 0 Å². The van der Waals surface area contributed by atoms with Crippen LogP contribution in [0.5, 0.6) is 0 Å². The number of hydrogen-bond acceptors (Lipinski definition) is 3. The fourth-order valence-electron chi connectivity index (χ4n) is 3.33. The van der Waals surface area contributed by atoms with Crippen molar-refractivity contribution >= 4 is 5.91 Å². The minimum absolute atomic E-state index is 0.223. The van der Waals surface area contributed by atoms with Crippen molar-refractivity contribution in [2.45, 2.75) is 46.1 Å². The van der Waals surface area contributed by atoms with Crippen molar-refractivity contribution in [2.24, 2.45) is 5.92 Å². The summed E-state index contributed by atoms with van der Waals surface area (Å²) in [6.45, 7) is 4.86. The molecule has 0 bridgehead atoms. The van der Waals surface area contributed by atoms with Gasteiger partial charge in [-0.1, -0.05) is 30.7 Å². The van der Waals surface area contributed by atoms with Crippen molar-refractivity contribution in [3.63, 3.8) is 0 Å². The van der Waals surface area contributed by atoms with Crippen molar-refractivity contribution in [3.8, 4) is 0 Å². The molecule has 1 unspecified atom stereocenters. The fourth-order valence-corrected chi connectivity index (χ4v) is 3.33. The first-order valence-electron chi connectivity index (χ1n) is 9.55. The number of amides is 1. The molecule has 0 aromatic heterocycles. The second-order valence-corrected chi connectivity index (χ2v) is 7.22. The molecule has 2 rings (SSSR count). The summed E-state index contributed by atoms with van der Waals surface area (Å²) in [5.74, 6) is -1.26. The molecule has 2 aromatic rings. The molecule has 0 aliphatic carbocycles. The van der Waals surface area contributed by atoms with Crippen molar-refractivity contribution in [1.82, 2.24) is 10.8 Å². The molecule has 0 saturated carbocycles. The van der Waals surface area contributed by atoms with Crippen LogP contribution in [-0.4, -0.2) is 17.7 Å². The number of rotatable bonds is 10. The summed E-state index contributed by atoms with van der Waals surface area (Å²) in [5, 5.41) is 12.3. The normalized spacial score (nSPS) is 12.0. The van der Waals surface area contributed by atoms with E-state index in [1.165, 1.54) is 12.1 Å². The smallest absolute Gasteiger partial charge is 0.246 e. The highest BCUT2D eigenvalue weighted by atomic mass is 19.1. The number of halogens is 2. The van der Waals surface area contributed by atoms with Gasteiger partial charge in [0.1, 0.15) is 11.6 Å². The monoisotopic (exact) mass is 390 g/mol. The number of benzene rings is 2. The van der Waals surface area contributed by atoms with Crippen molar-refractivity contribution in [1.29, 1.82) is 0 Å². The van der Waals surface area contributed by atoms with Crippen LogP contribution in [0.15, 0.2) is 36.4 Å². The van der Waals surface area contributed by atoms with Crippen LogP contribution in [0.3, 0.4) is 0 Å². The molecule has 0 aliphatic rings. The minimum atomic E-state index is -0.418. The number of unbranched alkanes of at least 4 members (excludes halogenated alkanes) is 1. The predicted octanol–water partition coefficient (Wildman–Crippen LogP) is 4.21. The van der Waals surface area contributed by atoms with Gasteiger partial charge in [-0.05, 0) is 74.0 Å². The van der Waals surface area contributed by atoms with Crippen LogP contribution in [0, 0.1) is 31.4 Å². The molecule has 28 heavy (non-hydrogen) atoms. The van der Waals surface area contributed by atoms with Gasteiger partial charge in [0.05, 0.1) is 0 Å². The summed E-state index contributed by atoms with van der Waals surface area (Å²) in [6.07, 6.45) is 2.77. The maximum Gasteiger partial charge on any atom is 0.246 e. The van der Waals surface area contributed by atoms with E-state index in [0.29, 0.717) is 30.5 Å². The molecule has 3 N–H and O–H groups in total. The average molecular weight is 390 g/mol. The van der Waals surface area contributed by atoms with Crippen molar-refractivity contribution in [2.75, 3.05) is 6.54 Å². The Bertz CT molecular complexity index is 756. The van der Waals surface area contributed by atoms with Crippen LogP contribution in [-0.2, 0) is 17.8 Å². The predicted molar refractivity (Wildman–Crippen MR) is 105 cm³/mol. The van der Waals surface area contributed by atoms with E-state index in [1.807, 2.05) is 0 Å². The topological polar surface area (TPSA) is 61.4 Å². The van der Waals surface area contributed by atoms with Crippen LogP contribution in [0.1, 0.15) is 41.5 Å². The van der Waals surface area contributed by atoms with Gasteiger partial charge in [-0.25, -0.2) is 14.3 Å². The zero-order valence-electron chi connectivity index (χ0n) is 16.4. The molecule has 1 atom stereocenters. The molecule has 4 nitrogen and oxygen atoms in total. The Morgan fingerprint density at radius 1 is 1.04 bits per heavy atom. The Morgan fingerprint density at radius 2 is 1.68 bits per heavy atom. The summed E-state index contributed by atoms with van der Waals surface area (Å²) >= 11 is 0. The Kier molecular flexibility index (Phi) is 8.54. The molecule has 6 heteroatoms. The Hall–Kier alpha value is -2.31. The maximum atomic E-state index is 13.8. The first kappa shape index (κ1) is 22.0. The number of carbonyl (C=O) groups is 1. The molecule has 1 amide bonds. The summed E-state index contributed by atoms with van der Waals surface area (Å²) in [5.41, 5.74) is 4.76. The van der Waals surface area contributed by atoms with E-state index >= 15 is 0 Å². The van der Waals surface area contributed by atoms with Crippen molar-refractivity contribution in [3.05, 3.63) is 70.3 Å². The number of aryl methyl sites for hydroxylation is 2. The van der Waals surface area contributed by atoms with Gasteiger partial charge in [-0.2, -0.15) is 0 Å². The third kappa shape index (κ3) is 6.69. The quantitative estimate of drug-likeness (QED) is 0.324. The molecule has 0 spiro atoms. The molecule has 0 heterocycles. The van der Waals surface area contributed by atoms with Crippen LogP contribution in [0.2, 0.25) is 0 Å². The molecule has 0 radical (unpaired) electrons. The fraction of sp³-hybridized carbons (Fsp3) is 0.409. The van der Waals surface area contributed by atoms with E-state index in [1.54, 1.807) is 43.6 Å². The number of hydrogen-bond donors (Lipinski definition) is 3. The number of nitrogens with one attached hydrogen (secondary N) is 2. The van der Waals surface area contributed by atoms with E-state index in [2.05, 4.69) is 5.32 Å². The first-order valence-corrected chi connectivity index (χ1v) is 9.55. The zero-order chi connectivity index (χ0) is 20.5. The lowest BCUT2D eigenvalue weighted by molar-refractivity contribution is -0.133. The van der Waals surface area contributed by atoms with Crippen molar-refractivity contribution < 1.29 is 18.8 Å². The highest BCUT2D eigenvalue weighted by Crippen LogP contribution is 2.20. The van der Waals surface area contributed by atoms with Gasteiger partial charge in [-0.15, -0.1) is 0 Å². The van der Waals surface area contributed by atoms with Gasteiger partial charge >= 0.3 is 0 Å². The van der Waals surface area contributed by atoms with Crippen LogP contribution in [0.4, 0.5) is 8.78 Å². The lowest BCUT2D eigenvalue weighted by Crippen LogP contribution is -2.29. The molecule has 0 aliphatic heterocycles. The Labute approximate surface area is 164 Å². The second-order valence-electron chi connectivity index (χ2n) is 7.22. The molecule has 0 fully saturated rings. The lowest BCUT2D eigenvalue weighted by Gasteiger charge is -2.16. The number of carbonyl (C=O) groups excluding carboxylic acids is 1. The maximum absolute atomic E-state index is 13.8. The van der Waals surface area contributed by atoms with Gasteiger partial charge < -0.3 is 5.32 Å². The summed E-state index contributed by atoms with van der Waals surface area (Å²) in [4.78, 5) is 12.0. The molecular formula is C22H28F2N2O2. The lowest BCUT2D eigenvalue weighted by atomic mass is 9.91. The highest BCUT2D eigenvalue weighted by Gasteiger charge is 2.19. The Morgan fingerprint density at radius 3 is 2.29 bits per heavy atom. The van der Waals surface area contributed by atoms with Crippen LogP contribution >= 0.6 is 0 Å². The zero-order valence-corrected chi connectivity index (χ0v) is 16.4. The number of hydroxylamine groups is 1. The van der Waals surface area contributed by atoms with Gasteiger partial charge in [-0.3, -0.25) is 10.0 Å². The van der Waals surface area contributed by atoms with E-state index in [9.17, 15) is 13.6 Å². The van der Waals surface area contributed by atoms with Crippen LogP contribution < -0.4 is 10.8 Å². The van der Waals surface area contributed by atoms with Crippen LogP contribution in [0.25, 0.3) is 0 Å². The van der Waals surface area contributed by atoms with Gasteiger partial charge in [0, 0.05) is 12.5 Å². The third-order valence-corrected chi connectivity index (χ3v) is 4.86. The van der Waals surface area contributed by atoms with E-state index in [4.69, 9.17) is 5.21 Å². The summed E-state index contributed by atoms with van der Waals surface area (Å²) in [6, 6.07) is 9.88. The average Bonchev–Trinajstić information content (AvgIpc) is 2.68. The standard InChI is InChI=1S/C22H28F2N2O2/c1-15-11-18(12-16(2)21(15)24)13-19(22(27)26-28)5-3-4-10-25-14-17-6-8-20(23)9-7-17/h6-9,11-12,19,25,28H,3-5,10,13-14H2,1-2H3,(H,26,27). The first-order chi connectivity index (χ1) is 13.4. The molecule has 152 valence electrons. The summed E-state index contributed by atoms with van der Waals surface area (Å²) in [7, 11) is 0. The molecule has 2 aromatic carbocycles. The van der Waals surface area contributed by atoms with E-state index in [-0.39, 0.29) is 17.6 Å². The molecular weight excluding hydrogens is 362 g/mol. The third-order valence-electron chi connectivity index (χ3n) is 4.86. The van der Waals surface area contributed by atoms with E-state index in [0.717, 1.165) is 30.5 Å². The Balaban J connectivity index is 1.79. The van der Waals surface area contributed by atoms with Gasteiger partial charge in [0.15, 0.2) is 0 Å². The molecule has 0 saturated heterocycles. The second kappa shape index (κ2) is 10.9. The highest BCUT2D eigenvalue weighted by molar-refractivity contribution is 5.77. The SMILES string of the molecule is Cc1cc(CC(CCCCNCc2ccc(F)cc2)C(=O)NO)cc(C)c1F. The minimum Gasteiger partial charge on any atom is -0.313 e. The van der Waals surface area contributed by atoms with Gasteiger partial charge in [0.2, 0.25) is 5.91 Å². The summed E-state index contributed by atoms with van der Waals surface area (Å²) < 4.78 is 26.7. The van der Waals surface area contributed by atoms with E-state index < -0.39 is 5.91 Å². The largest absolute Gasteiger partial charge is 0.313 e.